The fourth-order valence-corrected chi connectivity index (χ4v) is 6.82. The number of nitro groups is 1. The molecule has 0 spiro atoms. The number of ether oxygens (including phenoxy) is 1. The molecule has 4 saturated carbocycles. The molecule has 4 bridgehead atoms. The SMILES string of the molecule is O=C(Nc1cnn(COc2cccc(Cl)c2)c1)c1nn(C23CC4CC(CC(C4)C2)C3)cc1[N+](=O)[O-]. The molecule has 182 valence electrons. The Morgan fingerprint density at radius 3 is 2.57 bits per heavy atom. The van der Waals surface area contributed by atoms with E-state index in [1.807, 2.05) is 0 Å². The molecule has 4 aliphatic carbocycles. The van der Waals surface area contributed by atoms with E-state index in [4.69, 9.17) is 16.3 Å². The highest BCUT2D eigenvalue weighted by atomic mass is 35.5. The predicted octanol–water partition coefficient (Wildman–Crippen LogP) is 4.86. The summed E-state index contributed by atoms with van der Waals surface area (Å²) in [6, 6.07) is 6.99. The van der Waals surface area contributed by atoms with Crippen molar-refractivity contribution in [3.63, 3.8) is 0 Å². The number of rotatable bonds is 7. The molecule has 4 aliphatic rings. The summed E-state index contributed by atoms with van der Waals surface area (Å²) in [6.45, 7) is 0.108. The van der Waals surface area contributed by atoms with Crippen LogP contribution in [-0.2, 0) is 12.3 Å². The molecule has 4 fully saturated rings. The topological polar surface area (TPSA) is 117 Å². The number of hydrogen-bond acceptors (Lipinski definition) is 6. The first-order valence-electron chi connectivity index (χ1n) is 11.8. The molecule has 1 amide bonds. The van der Waals surface area contributed by atoms with E-state index in [9.17, 15) is 14.9 Å². The minimum Gasteiger partial charge on any atom is -0.471 e. The van der Waals surface area contributed by atoms with E-state index in [0.29, 0.717) is 34.2 Å². The Hall–Kier alpha value is -3.40. The molecule has 11 heteroatoms. The van der Waals surface area contributed by atoms with Crippen molar-refractivity contribution in [2.24, 2.45) is 17.8 Å². The van der Waals surface area contributed by atoms with Gasteiger partial charge in [-0.2, -0.15) is 10.2 Å². The summed E-state index contributed by atoms with van der Waals surface area (Å²) >= 11 is 5.96. The first-order chi connectivity index (χ1) is 16.9. The van der Waals surface area contributed by atoms with Crippen molar-refractivity contribution in [1.82, 2.24) is 19.6 Å². The van der Waals surface area contributed by atoms with Gasteiger partial charge in [-0.25, -0.2) is 4.68 Å². The van der Waals surface area contributed by atoms with Crippen molar-refractivity contribution in [2.75, 3.05) is 5.32 Å². The summed E-state index contributed by atoms with van der Waals surface area (Å²) in [5, 5.41) is 23.7. The minimum atomic E-state index is -0.629. The lowest BCUT2D eigenvalue weighted by Crippen LogP contribution is -2.52. The second-order valence-electron chi connectivity index (χ2n) is 10.2. The summed E-state index contributed by atoms with van der Waals surface area (Å²) in [7, 11) is 0. The number of amides is 1. The van der Waals surface area contributed by atoms with E-state index < -0.39 is 10.8 Å². The number of anilines is 1. The van der Waals surface area contributed by atoms with E-state index in [-0.39, 0.29) is 23.7 Å². The summed E-state index contributed by atoms with van der Waals surface area (Å²) in [5.74, 6) is 1.92. The third kappa shape index (κ3) is 4.16. The van der Waals surface area contributed by atoms with Crippen LogP contribution in [0.1, 0.15) is 49.0 Å². The number of nitrogens with one attached hydrogen (secondary N) is 1. The highest BCUT2D eigenvalue weighted by molar-refractivity contribution is 6.30. The van der Waals surface area contributed by atoms with Crippen molar-refractivity contribution >= 4 is 28.9 Å². The average molecular weight is 497 g/mol. The fourth-order valence-electron chi connectivity index (χ4n) is 6.64. The maximum Gasteiger partial charge on any atom is 0.320 e. The Balaban J connectivity index is 1.18. The van der Waals surface area contributed by atoms with Crippen LogP contribution >= 0.6 is 11.6 Å². The molecule has 1 aromatic carbocycles. The van der Waals surface area contributed by atoms with Crippen LogP contribution in [0.4, 0.5) is 11.4 Å². The summed E-state index contributed by atoms with van der Waals surface area (Å²) in [6.07, 6.45) is 11.2. The molecule has 10 nitrogen and oxygen atoms in total. The van der Waals surface area contributed by atoms with Crippen LogP contribution < -0.4 is 10.1 Å². The monoisotopic (exact) mass is 496 g/mol. The van der Waals surface area contributed by atoms with E-state index in [2.05, 4.69) is 15.5 Å². The van der Waals surface area contributed by atoms with Gasteiger partial charge in [0.05, 0.1) is 28.5 Å². The number of benzene rings is 1. The van der Waals surface area contributed by atoms with Crippen LogP contribution in [0.25, 0.3) is 0 Å². The molecule has 0 saturated heterocycles. The number of aromatic nitrogens is 4. The van der Waals surface area contributed by atoms with E-state index in [1.165, 1.54) is 36.3 Å². The number of hydrogen-bond donors (Lipinski definition) is 1. The van der Waals surface area contributed by atoms with Gasteiger partial charge in [0, 0.05) is 5.02 Å². The zero-order valence-corrected chi connectivity index (χ0v) is 19.7. The molecule has 7 rings (SSSR count). The Kier molecular flexibility index (Phi) is 5.28. The number of nitrogens with zero attached hydrogens (tertiary/aromatic N) is 5. The maximum atomic E-state index is 13.0. The quantitative estimate of drug-likeness (QED) is 0.369. The van der Waals surface area contributed by atoms with Gasteiger partial charge < -0.3 is 10.1 Å². The molecule has 0 unspecified atom stereocenters. The molecular weight excluding hydrogens is 472 g/mol. The van der Waals surface area contributed by atoms with Gasteiger partial charge in [0.1, 0.15) is 11.9 Å². The zero-order valence-electron chi connectivity index (χ0n) is 19.0. The first kappa shape index (κ1) is 22.1. The van der Waals surface area contributed by atoms with Gasteiger partial charge in [-0.1, -0.05) is 17.7 Å². The molecule has 3 aromatic rings. The standard InChI is InChI=1S/C24H25ClN6O4/c25-18-2-1-3-20(7-18)35-14-29-12-19(11-26-29)27-23(32)22-21(31(33)34)13-30(28-22)24-8-15-4-16(9-24)6-17(5-15)10-24/h1-3,7,11-13,15-17H,4-6,8-10,14H2,(H,27,32). The highest BCUT2D eigenvalue weighted by Crippen LogP contribution is 2.58. The van der Waals surface area contributed by atoms with Crippen LogP contribution in [0.5, 0.6) is 5.75 Å². The fraction of sp³-hybridized carbons (Fsp3) is 0.458. The number of carbonyl (C=O) groups excluding carboxylic acids is 1. The summed E-state index contributed by atoms with van der Waals surface area (Å²) in [4.78, 5) is 24.3. The smallest absolute Gasteiger partial charge is 0.320 e. The van der Waals surface area contributed by atoms with Crippen LogP contribution in [0.2, 0.25) is 5.02 Å². The second-order valence-corrected chi connectivity index (χ2v) is 10.6. The van der Waals surface area contributed by atoms with Gasteiger partial charge in [0.2, 0.25) is 5.69 Å². The van der Waals surface area contributed by atoms with Crippen molar-refractivity contribution in [1.29, 1.82) is 0 Å². The molecule has 0 radical (unpaired) electrons. The van der Waals surface area contributed by atoms with E-state index >= 15 is 0 Å². The van der Waals surface area contributed by atoms with Gasteiger partial charge in [-0.15, -0.1) is 0 Å². The maximum absolute atomic E-state index is 13.0. The summed E-state index contributed by atoms with van der Waals surface area (Å²) in [5.41, 5.74) is -0.257. The third-order valence-corrected chi connectivity index (χ3v) is 7.88. The van der Waals surface area contributed by atoms with E-state index in [0.717, 1.165) is 19.3 Å². The van der Waals surface area contributed by atoms with Gasteiger partial charge in [-0.3, -0.25) is 19.6 Å². The average Bonchev–Trinajstić information content (AvgIpc) is 3.45. The molecule has 35 heavy (non-hydrogen) atoms. The highest BCUT2D eigenvalue weighted by Gasteiger charge is 2.53. The van der Waals surface area contributed by atoms with Crippen LogP contribution in [0.15, 0.2) is 42.9 Å². The van der Waals surface area contributed by atoms with Crippen molar-refractivity contribution < 1.29 is 14.5 Å². The molecule has 1 N–H and O–H groups in total. The molecule has 2 aromatic heterocycles. The largest absolute Gasteiger partial charge is 0.471 e. The predicted molar refractivity (Wildman–Crippen MR) is 127 cm³/mol. The third-order valence-electron chi connectivity index (χ3n) is 7.65. The van der Waals surface area contributed by atoms with Gasteiger partial charge in [0.25, 0.3) is 5.91 Å². The van der Waals surface area contributed by atoms with Crippen molar-refractivity contribution in [2.45, 2.75) is 50.8 Å². The summed E-state index contributed by atoms with van der Waals surface area (Å²) < 4.78 is 8.89. The van der Waals surface area contributed by atoms with Crippen LogP contribution in [0.3, 0.4) is 0 Å². The number of halogens is 1. The van der Waals surface area contributed by atoms with E-state index in [1.54, 1.807) is 35.1 Å². The van der Waals surface area contributed by atoms with Crippen LogP contribution in [-0.4, -0.2) is 30.4 Å². The molecule has 0 atom stereocenters. The molecular formula is C24H25ClN6O4. The van der Waals surface area contributed by atoms with Crippen LogP contribution in [0, 0.1) is 27.9 Å². The minimum absolute atomic E-state index is 0.108. The van der Waals surface area contributed by atoms with Crippen molar-refractivity contribution in [3.8, 4) is 5.75 Å². The number of carbonyl (C=O) groups is 1. The lowest BCUT2D eigenvalue weighted by Gasteiger charge is -2.56. The second kappa shape index (κ2) is 8.37. The molecule has 0 aliphatic heterocycles. The first-order valence-corrected chi connectivity index (χ1v) is 12.2. The van der Waals surface area contributed by atoms with Gasteiger partial charge in [0.15, 0.2) is 6.73 Å². The van der Waals surface area contributed by atoms with Gasteiger partial charge in [-0.05, 0) is 74.5 Å². The Morgan fingerprint density at radius 2 is 1.91 bits per heavy atom. The van der Waals surface area contributed by atoms with Gasteiger partial charge >= 0.3 is 5.69 Å². The Morgan fingerprint density at radius 1 is 1.20 bits per heavy atom. The Bertz CT molecular complexity index is 1270. The zero-order chi connectivity index (χ0) is 24.2. The Labute approximate surface area is 206 Å². The molecule has 2 heterocycles. The lowest BCUT2D eigenvalue weighted by molar-refractivity contribution is -0.385. The lowest BCUT2D eigenvalue weighted by atomic mass is 9.53. The normalized spacial score (nSPS) is 26.6. The van der Waals surface area contributed by atoms with Crippen molar-refractivity contribution in [3.05, 3.63) is 63.7 Å².